The van der Waals surface area contributed by atoms with Crippen molar-refractivity contribution < 1.29 is 42.5 Å². The maximum atomic E-state index is 14.1. The van der Waals surface area contributed by atoms with Gasteiger partial charge in [0, 0.05) is 56.0 Å². The van der Waals surface area contributed by atoms with Crippen LogP contribution in [0.4, 0.5) is 8.78 Å². The fraction of sp³-hybridized carbons (Fsp3) is 0.472. The van der Waals surface area contributed by atoms with Gasteiger partial charge in [0.1, 0.15) is 17.7 Å². The molecule has 0 radical (unpaired) electrons. The van der Waals surface area contributed by atoms with E-state index in [1.165, 1.54) is 47.7 Å². The maximum absolute atomic E-state index is 14.1. The monoisotopic (exact) mass is 1210 g/mol. The number of pyridine rings is 2. The highest BCUT2D eigenvalue weighted by Crippen LogP contribution is 2.35. The molecule has 2 aliphatic heterocycles. The summed E-state index contributed by atoms with van der Waals surface area (Å²) in [5, 5.41) is 9.39. The number of carbonyl (C=O) groups is 4. The van der Waals surface area contributed by atoms with Crippen LogP contribution in [0.15, 0.2) is 119 Å². The largest absolute Gasteiger partial charge is 0.480 e. The second-order valence-corrected chi connectivity index (χ2v) is 24.2. The van der Waals surface area contributed by atoms with Crippen molar-refractivity contribution in [1.29, 1.82) is 0 Å². The van der Waals surface area contributed by atoms with Gasteiger partial charge in [0.15, 0.2) is 5.78 Å². The number of ketones is 1. The van der Waals surface area contributed by atoms with E-state index in [1.54, 1.807) is 30.7 Å². The van der Waals surface area contributed by atoms with Crippen LogP contribution >= 0.6 is 0 Å². The molecular weight excluding hydrogens is 1120 g/mol. The lowest BCUT2D eigenvalue weighted by Crippen LogP contribution is -2.38. The van der Waals surface area contributed by atoms with Crippen LogP contribution in [0.2, 0.25) is 0 Å². The van der Waals surface area contributed by atoms with Crippen LogP contribution in [0, 0.1) is 51.2 Å². The smallest absolute Gasteiger partial charge is 0.326 e. The Morgan fingerprint density at radius 1 is 0.568 bits per heavy atom. The summed E-state index contributed by atoms with van der Waals surface area (Å²) >= 11 is 0. The molecule has 4 atom stereocenters. The molecule has 8 rings (SSSR count). The second-order valence-electron chi connectivity index (χ2n) is 24.2. The predicted octanol–water partition coefficient (Wildman–Crippen LogP) is 13.3. The zero-order chi connectivity index (χ0) is 63.5. The first-order valence-electron chi connectivity index (χ1n) is 30.9. The number of nitrogens with two attached hydrogens (primary N) is 1. The number of hydrogen-bond acceptors (Lipinski definition) is 11. The van der Waals surface area contributed by atoms with Gasteiger partial charge in [-0.1, -0.05) is 89.7 Å². The number of aryl methyl sites for hydroxylation is 4. The van der Waals surface area contributed by atoms with Crippen molar-refractivity contribution >= 4 is 23.7 Å². The number of halogens is 2. The summed E-state index contributed by atoms with van der Waals surface area (Å²) in [6.07, 6.45) is 9.00. The van der Waals surface area contributed by atoms with Gasteiger partial charge in [-0.15, -0.1) is 0 Å². The van der Waals surface area contributed by atoms with Gasteiger partial charge in [-0.25, -0.2) is 13.6 Å². The standard InChI is InChI=1S/C36H45FN2O4.C19H22FNO2.C16H24N2O3.CH4/c1-6-43-35(42)22-30(28-9-7-10-29(20-28)36-25(4)18-31(37)19-26(36)5)21-33(40)32(17-24(2)3)39-23-27(11-12-34(39)41)13-16-38-14-8-15-38;1-4-23-18(22)11-17(21)14-6-5-7-15(10-14)19-12(2)8-16(20)9-13(19)3;1-12(2)10-14(16(20)21)18-11-13(4-5-15(18)19)6-9-17-7-3-8-17;/h7,9-12,18-20,23-24,30,32H,6,8,13-17,21-22H2,1-5H3;5-10,17H,4,11,21H2,1-3H3;4-5,11-12,14H,3,6-10H2,1-2H3,(H,20,21);1H4/t30-,32?;17-;;/m00../s1. The molecule has 2 fully saturated rings. The minimum absolute atomic E-state index is 0. The van der Waals surface area contributed by atoms with E-state index < -0.39 is 30.0 Å². The number of ether oxygens (including phenoxy) is 2. The van der Waals surface area contributed by atoms with E-state index in [4.69, 9.17) is 15.2 Å². The molecule has 0 bridgehead atoms. The van der Waals surface area contributed by atoms with Gasteiger partial charge in [-0.2, -0.15) is 0 Å². The number of Topliss-reactive ketones (excluding diaryl/α,β-unsaturated/α-hetero) is 1. The molecule has 14 nitrogen and oxygen atoms in total. The summed E-state index contributed by atoms with van der Waals surface area (Å²) in [6, 6.07) is 26.5. The highest BCUT2D eigenvalue weighted by molar-refractivity contribution is 5.85. The Kier molecular flexibility index (Phi) is 27.9. The van der Waals surface area contributed by atoms with Gasteiger partial charge in [-0.05, 0) is 215 Å². The van der Waals surface area contributed by atoms with Crippen LogP contribution in [0.3, 0.4) is 0 Å². The van der Waals surface area contributed by atoms with Gasteiger partial charge in [0.2, 0.25) is 0 Å². The zero-order valence-electron chi connectivity index (χ0n) is 52.7. The van der Waals surface area contributed by atoms with Crippen LogP contribution in [-0.2, 0) is 41.5 Å². The van der Waals surface area contributed by atoms with Crippen molar-refractivity contribution in [2.45, 2.75) is 158 Å². The molecule has 3 N–H and O–H groups in total. The summed E-state index contributed by atoms with van der Waals surface area (Å²) in [7, 11) is 0. The fourth-order valence-electron chi connectivity index (χ4n) is 11.5. The molecule has 16 heteroatoms. The molecule has 0 saturated carbocycles. The Labute approximate surface area is 520 Å². The Bertz CT molecular complexity index is 3370. The van der Waals surface area contributed by atoms with E-state index in [1.807, 2.05) is 122 Å². The van der Waals surface area contributed by atoms with E-state index in [2.05, 4.69) is 9.80 Å². The summed E-state index contributed by atoms with van der Waals surface area (Å²) in [4.78, 5) is 79.8. The number of aromatic nitrogens is 2. The van der Waals surface area contributed by atoms with Crippen LogP contribution < -0.4 is 16.9 Å². The van der Waals surface area contributed by atoms with Crippen LogP contribution in [0.25, 0.3) is 22.3 Å². The highest BCUT2D eigenvalue weighted by atomic mass is 19.1. The molecule has 476 valence electrons. The zero-order valence-corrected chi connectivity index (χ0v) is 52.7. The van der Waals surface area contributed by atoms with Gasteiger partial charge in [0.05, 0.1) is 32.1 Å². The van der Waals surface area contributed by atoms with E-state index >= 15 is 0 Å². The topological polar surface area (TPSA) is 183 Å². The van der Waals surface area contributed by atoms with Crippen molar-refractivity contribution in [3.63, 3.8) is 0 Å². The molecule has 6 aromatic rings. The number of likely N-dealkylation sites (tertiary alicyclic amines) is 2. The lowest BCUT2D eigenvalue weighted by molar-refractivity contribution is -0.144. The molecule has 0 aliphatic carbocycles. The molecule has 2 aliphatic rings. The Morgan fingerprint density at radius 3 is 1.39 bits per heavy atom. The molecule has 2 saturated heterocycles. The van der Waals surface area contributed by atoms with Crippen LogP contribution in [0.1, 0.15) is 162 Å². The van der Waals surface area contributed by atoms with E-state index in [-0.39, 0.29) is 85.6 Å². The quantitative estimate of drug-likeness (QED) is 0.0491. The summed E-state index contributed by atoms with van der Waals surface area (Å²) in [5.74, 6) is -2.24. The van der Waals surface area contributed by atoms with Crippen molar-refractivity contribution in [2.24, 2.45) is 17.6 Å². The highest BCUT2D eigenvalue weighted by Gasteiger charge is 2.29. The van der Waals surface area contributed by atoms with E-state index in [9.17, 15) is 42.7 Å². The summed E-state index contributed by atoms with van der Waals surface area (Å²) in [6.45, 7) is 26.1. The average Bonchev–Trinajstić information content (AvgIpc) is 1.05. The normalized spacial score (nSPS) is 14.4. The molecule has 4 aromatic carbocycles. The third-order valence-corrected chi connectivity index (χ3v) is 16.2. The van der Waals surface area contributed by atoms with E-state index in [0.29, 0.717) is 19.4 Å². The minimum Gasteiger partial charge on any atom is -0.480 e. The number of rotatable bonds is 26. The van der Waals surface area contributed by atoms with Crippen molar-refractivity contribution in [3.05, 3.63) is 186 Å². The van der Waals surface area contributed by atoms with Crippen LogP contribution in [-0.4, -0.2) is 100 Å². The number of nitrogens with zero attached hydrogens (tertiary/aromatic N) is 4. The molecule has 2 unspecified atom stereocenters. The van der Waals surface area contributed by atoms with E-state index in [0.717, 1.165) is 119 Å². The Balaban J connectivity index is 0.000000264. The first kappa shape index (κ1) is 71.4. The molecule has 0 amide bonds. The molecular formula is C72H95F2N5O9. The second kappa shape index (κ2) is 34.4. The molecule has 2 aromatic heterocycles. The number of esters is 2. The number of carbonyl (C=O) groups excluding carboxylic acids is 3. The fourth-order valence-corrected chi connectivity index (χ4v) is 11.5. The SMILES string of the molecule is C.CC(C)CC(C(=O)O)n1cc(CCN2CCC2)ccc1=O.CCOC(=O)C[C@H](CC(=O)C(CC(C)C)n1cc(CCN2CCC2)ccc1=O)c1cccc(-c2c(C)cc(F)cc2C)c1.CCOC(=O)C[C@H](N)c1cccc(-c2c(C)cc(F)cc2C)c1. The van der Waals surface area contributed by atoms with Crippen LogP contribution in [0.5, 0.6) is 0 Å². The predicted molar refractivity (Wildman–Crippen MR) is 347 cm³/mol. The maximum Gasteiger partial charge on any atom is 0.326 e. The first-order valence-corrected chi connectivity index (χ1v) is 30.9. The molecule has 4 heterocycles. The Hall–Kier alpha value is -7.40. The first-order chi connectivity index (χ1) is 41.4. The number of carboxylic acid groups (broad SMARTS) is 1. The van der Waals surface area contributed by atoms with Crippen molar-refractivity contribution in [3.8, 4) is 22.3 Å². The van der Waals surface area contributed by atoms with Crippen molar-refractivity contribution in [2.75, 3.05) is 52.5 Å². The van der Waals surface area contributed by atoms with Gasteiger partial charge < -0.3 is 39.2 Å². The van der Waals surface area contributed by atoms with Gasteiger partial charge in [-0.3, -0.25) is 24.0 Å². The van der Waals surface area contributed by atoms with Gasteiger partial charge in [0.25, 0.3) is 11.1 Å². The number of hydrogen-bond donors (Lipinski definition) is 2. The number of carboxylic acids is 1. The minimum atomic E-state index is -0.939. The van der Waals surface area contributed by atoms with Crippen molar-refractivity contribution in [1.82, 2.24) is 18.9 Å². The third kappa shape index (κ3) is 20.9. The lowest BCUT2D eigenvalue weighted by atomic mass is 9.85. The lowest BCUT2D eigenvalue weighted by Gasteiger charge is -2.30. The third-order valence-electron chi connectivity index (χ3n) is 16.2. The molecule has 0 spiro atoms. The molecule has 88 heavy (non-hydrogen) atoms. The number of benzene rings is 4. The number of aliphatic carboxylic acids is 1. The average molecular weight is 1210 g/mol. The van der Waals surface area contributed by atoms with Gasteiger partial charge >= 0.3 is 17.9 Å². The summed E-state index contributed by atoms with van der Waals surface area (Å²) < 4.78 is 40.7. The summed E-state index contributed by atoms with van der Waals surface area (Å²) in [5.41, 5.74) is 16.6. The Morgan fingerprint density at radius 2 is 0.977 bits per heavy atom.